The lowest BCUT2D eigenvalue weighted by Gasteiger charge is -2.22. The van der Waals surface area contributed by atoms with Crippen LogP contribution in [0.2, 0.25) is 0 Å². The number of amides is 1. The van der Waals surface area contributed by atoms with Gasteiger partial charge in [0.05, 0.1) is 11.8 Å². The van der Waals surface area contributed by atoms with Gasteiger partial charge in [-0.15, -0.1) is 11.8 Å². The number of anilines is 1. The van der Waals surface area contributed by atoms with E-state index in [0.717, 1.165) is 11.8 Å². The topological polar surface area (TPSA) is 55.4 Å². The van der Waals surface area contributed by atoms with Crippen LogP contribution in [-0.2, 0) is 14.3 Å². The number of halogens is 2. The molecule has 1 aromatic rings. The highest BCUT2D eigenvalue weighted by Gasteiger charge is 2.28. The second-order valence-electron chi connectivity index (χ2n) is 5.88. The number of esters is 1. The Bertz CT molecular complexity index is 608. The van der Waals surface area contributed by atoms with E-state index in [2.05, 4.69) is 5.32 Å². The zero-order chi connectivity index (χ0) is 18.4. The van der Waals surface area contributed by atoms with Gasteiger partial charge in [-0.2, -0.15) is 0 Å². The first-order valence-electron chi connectivity index (χ1n) is 7.79. The fourth-order valence-electron chi connectivity index (χ4n) is 1.85. The quantitative estimate of drug-likeness (QED) is 0.580. The summed E-state index contributed by atoms with van der Waals surface area (Å²) >= 11 is 0.966. The molecule has 24 heavy (non-hydrogen) atoms. The molecular formula is C17H23F2NO3S. The van der Waals surface area contributed by atoms with E-state index < -0.39 is 28.8 Å². The highest BCUT2D eigenvalue weighted by molar-refractivity contribution is 8.00. The van der Waals surface area contributed by atoms with Crippen molar-refractivity contribution in [2.45, 2.75) is 57.3 Å². The second-order valence-corrected chi connectivity index (χ2v) is 7.07. The molecule has 0 aliphatic carbocycles. The number of carbonyl (C=O) groups is 2. The summed E-state index contributed by atoms with van der Waals surface area (Å²) in [4.78, 5) is 23.5. The summed E-state index contributed by atoms with van der Waals surface area (Å²) in [5, 5.41) is 1.67. The molecular weight excluding hydrogens is 336 g/mol. The van der Waals surface area contributed by atoms with E-state index in [4.69, 9.17) is 4.74 Å². The Morgan fingerprint density at radius 2 is 1.83 bits per heavy atom. The molecule has 1 rings (SSSR count). The van der Waals surface area contributed by atoms with Gasteiger partial charge < -0.3 is 10.1 Å². The maximum absolute atomic E-state index is 14.1. The van der Waals surface area contributed by atoms with Gasteiger partial charge in [0.2, 0.25) is 5.91 Å². The predicted molar refractivity (Wildman–Crippen MR) is 91.0 cm³/mol. The van der Waals surface area contributed by atoms with Crippen molar-refractivity contribution in [1.82, 2.24) is 0 Å². The van der Waals surface area contributed by atoms with Gasteiger partial charge in [0.1, 0.15) is 16.9 Å². The molecule has 1 N–H and O–H groups in total. The number of carbonyl (C=O) groups excluding carboxylic acids is 2. The maximum Gasteiger partial charge on any atom is 0.319 e. The van der Waals surface area contributed by atoms with Gasteiger partial charge in [-0.25, -0.2) is 8.78 Å². The largest absolute Gasteiger partial charge is 0.462 e. The van der Waals surface area contributed by atoms with E-state index >= 15 is 0 Å². The molecule has 0 aliphatic heterocycles. The molecule has 0 saturated carbocycles. The molecule has 0 saturated heterocycles. The fourth-order valence-corrected chi connectivity index (χ4v) is 2.90. The Morgan fingerprint density at radius 3 is 2.33 bits per heavy atom. The van der Waals surface area contributed by atoms with Crippen LogP contribution in [-0.4, -0.2) is 23.2 Å². The molecule has 2 unspecified atom stereocenters. The number of ether oxygens (including phenoxy) is 1. The normalized spacial score (nSPS) is 13.5. The Kier molecular flexibility index (Phi) is 7.66. The first-order chi connectivity index (χ1) is 11.1. The highest BCUT2D eigenvalue weighted by Crippen LogP contribution is 2.34. The molecule has 4 nitrogen and oxygen atoms in total. The lowest BCUT2D eigenvalue weighted by Crippen LogP contribution is -2.28. The summed E-state index contributed by atoms with van der Waals surface area (Å²) in [5.41, 5.74) is -0.121. The zero-order valence-corrected chi connectivity index (χ0v) is 15.3. The molecule has 1 amide bonds. The van der Waals surface area contributed by atoms with Crippen molar-refractivity contribution in [3.05, 3.63) is 23.8 Å². The molecule has 0 aliphatic rings. The molecule has 134 valence electrons. The van der Waals surface area contributed by atoms with Crippen LogP contribution in [0.5, 0.6) is 0 Å². The number of hydrogen-bond acceptors (Lipinski definition) is 4. The fraction of sp³-hybridized carbons (Fsp3) is 0.529. The SMILES string of the molecule is CCC(C)OC(=O)C(Sc1cc(NC(C)=O)c(F)cc1F)C(C)C. The van der Waals surface area contributed by atoms with Crippen molar-refractivity contribution in [1.29, 1.82) is 0 Å². The third-order valence-electron chi connectivity index (χ3n) is 3.32. The van der Waals surface area contributed by atoms with E-state index in [1.165, 1.54) is 13.0 Å². The van der Waals surface area contributed by atoms with Crippen molar-refractivity contribution in [2.75, 3.05) is 5.32 Å². The molecule has 0 heterocycles. The first kappa shape index (κ1) is 20.4. The summed E-state index contributed by atoms with van der Waals surface area (Å²) in [5.74, 6) is -2.66. The van der Waals surface area contributed by atoms with E-state index in [-0.39, 0.29) is 22.6 Å². The zero-order valence-electron chi connectivity index (χ0n) is 14.5. The van der Waals surface area contributed by atoms with Gasteiger partial charge in [0, 0.05) is 17.9 Å². The maximum atomic E-state index is 14.1. The highest BCUT2D eigenvalue weighted by atomic mass is 32.2. The van der Waals surface area contributed by atoms with E-state index in [0.29, 0.717) is 12.5 Å². The van der Waals surface area contributed by atoms with Crippen LogP contribution in [0.4, 0.5) is 14.5 Å². The van der Waals surface area contributed by atoms with Crippen molar-refractivity contribution in [2.24, 2.45) is 5.92 Å². The summed E-state index contributed by atoms with van der Waals surface area (Å²) in [7, 11) is 0. The number of thioether (sulfide) groups is 1. The van der Waals surface area contributed by atoms with Crippen LogP contribution >= 0.6 is 11.8 Å². The van der Waals surface area contributed by atoms with E-state index in [9.17, 15) is 18.4 Å². The monoisotopic (exact) mass is 359 g/mol. The third kappa shape index (κ3) is 5.78. The lowest BCUT2D eigenvalue weighted by atomic mass is 10.1. The Morgan fingerprint density at radius 1 is 1.21 bits per heavy atom. The van der Waals surface area contributed by atoms with Gasteiger partial charge >= 0.3 is 5.97 Å². The number of benzene rings is 1. The van der Waals surface area contributed by atoms with Crippen LogP contribution in [0.1, 0.15) is 41.0 Å². The Hall–Kier alpha value is -1.63. The van der Waals surface area contributed by atoms with Gasteiger partial charge in [-0.3, -0.25) is 9.59 Å². The number of nitrogens with one attached hydrogen (secondary N) is 1. The molecule has 2 atom stereocenters. The van der Waals surface area contributed by atoms with Crippen molar-refractivity contribution in [3.63, 3.8) is 0 Å². The average molecular weight is 359 g/mol. The van der Waals surface area contributed by atoms with Crippen LogP contribution in [0.25, 0.3) is 0 Å². The number of hydrogen-bond donors (Lipinski definition) is 1. The van der Waals surface area contributed by atoms with E-state index in [1.807, 2.05) is 20.8 Å². The third-order valence-corrected chi connectivity index (χ3v) is 4.87. The average Bonchev–Trinajstić information content (AvgIpc) is 2.47. The molecule has 0 fully saturated rings. The molecule has 7 heteroatoms. The molecule has 0 spiro atoms. The molecule has 0 aromatic heterocycles. The number of rotatable bonds is 7. The van der Waals surface area contributed by atoms with E-state index in [1.54, 1.807) is 6.92 Å². The van der Waals surface area contributed by atoms with Crippen LogP contribution in [0, 0.1) is 17.6 Å². The first-order valence-corrected chi connectivity index (χ1v) is 8.67. The van der Waals surface area contributed by atoms with Crippen LogP contribution in [0.3, 0.4) is 0 Å². The summed E-state index contributed by atoms with van der Waals surface area (Å²) in [6.45, 7) is 8.57. The van der Waals surface area contributed by atoms with Crippen molar-refractivity contribution in [3.8, 4) is 0 Å². The van der Waals surface area contributed by atoms with Gasteiger partial charge in [0.25, 0.3) is 0 Å². The summed E-state index contributed by atoms with van der Waals surface area (Å²) in [6.07, 6.45) is 0.450. The molecule has 0 bridgehead atoms. The van der Waals surface area contributed by atoms with Gasteiger partial charge in [-0.05, 0) is 25.3 Å². The minimum atomic E-state index is -0.865. The van der Waals surface area contributed by atoms with Gasteiger partial charge in [-0.1, -0.05) is 20.8 Å². The van der Waals surface area contributed by atoms with Gasteiger partial charge in [0.15, 0.2) is 0 Å². The van der Waals surface area contributed by atoms with Crippen LogP contribution < -0.4 is 5.32 Å². The van der Waals surface area contributed by atoms with Crippen LogP contribution in [0.15, 0.2) is 17.0 Å². The lowest BCUT2D eigenvalue weighted by molar-refractivity contribution is -0.148. The minimum Gasteiger partial charge on any atom is -0.462 e. The molecule has 1 aromatic carbocycles. The molecule has 0 radical (unpaired) electrons. The standard InChI is InChI=1S/C17H23F2NO3S/c1-6-10(4)23-17(22)16(9(2)3)24-15-8-14(20-11(5)21)12(18)7-13(15)19/h7-10,16H,6H2,1-5H3,(H,20,21). The second kappa shape index (κ2) is 9.01. The summed E-state index contributed by atoms with van der Waals surface area (Å²) < 4.78 is 33.1. The van der Waals surface area contributed by atoms with Crippen molar-refractivity contribution >= 4 is 29.3 Å². The summed E-state index contributed by atoms with van der Waals surface area (Å²) in [6, 6.07) is 1.90. The minimum absolute atomic E-state index is 0.0833. The smallest absolute Gasteiger partial charge is 0.319 e. The Balaban J connectivity index is 3.05. The predicted octanol–water partition coefficient (Wildman–Crippen LogP) is 4.38. The Labute approximate surface area is 145 Å². The van der Waals surface area contributed by atoms with Crippen molar-refractivity contribution < 1.29 is 23.1 Å².